The highest BCUT2D eigenvalue weighted by atomic mass is 127. The molecule has 0 aliphatic rings. The zero-order chi connectivity index (χ0) is 15.0. The van der Waals surface area contributed by atoms with E-state index in [1.54, 1.807) is 13.2 Å². The maximum atomic E-state index is 11.9. The van der Waals surface area contributed by atoms with Crippen LogP contribution in [0.4, 0.5) is 0 Å². The van der Waals surface area contributed by atoms with Crippen LogP contribution < -0.4 is 10.6 Å². The van der Waals surface area contributed by atoms with Gasteiger partial charge in [-0.3, -0.25) is 14.2 Å². The molecule has 1 rings (SSSR count). The molecule has 120 valence electrons. The second-order valence-corrected chi connectivity index (χ2v) is 7.66. The van der Waals surface area contributed by atoms with Crippen molar-refractivity contribution in [1.82, 2.24) is 15.6 Å². The molecule has 0 spiro atoms. The molecule has 0 aliphatic heterocycles. The Morgan fingerprint density at radius 3 is 2.57 bits per heavy atom. The van der Waals surface area contributed by atoms with Gasteiger partial charge in [-0.25, -0.2) is 0 Å². The minimum Gasteiger partial charge on any atom is -0.355 e. The lowest BCUT2D eigenvalue weighted by molar-refractivity contribution is 0.647. The van der Waals surface area contributed by atoms with Crippen LogP contribution in [0.25, 0.3) is 0 Å². The van der Waals surface area contributed by atoms with Crippen LogP contribution in [0.5, 0.6) is 0 Å². The minimum absolute atomic E-state index is 0. The molecule has 7 heteroatoms. The summed E-state index contributed by atoms with van der Waals surface area (Å²) in [5.41, 5.74) is 0.953. The van der Waals surface area contributed by atoms with Crippen molar-refractivity contribution < 1.29 is 4.21 Å². The highest BCUT2D eigenvalue weighted by Gasteiger charge is 2.18. The first kappa shape index (κ1) is 20.3. The molecule has 1 aromatic heterocycles. The third-order valence-corrected chi connectivity index (χ3v) is 4.59. The van der Waals surface area contributed by atoms with Crippen molar-refractivity contribution in [2.24, 2.45) is 4.99 Å². The van der Waals surface area contributed by atoms with Crippen LogP contribution in [0, 0.1) is 0 Å². The Hall–Kier alpha value is -0.700. The van der Waals surface area contributed by atoms with Gasteiger partial charge in [-0.15, -0.1) is 24.0 Å². The van der Waals surface area contributed by atoms with Crippen molar-refractivity contribution in [3.63, 3.8) is 0 Å². The predicted octanol–water partition coefficient (Wildman–Crippen LogP) is 1.91. The maximum absolute atomic E-state index is 11.9. The number of nitrogens with zero attached hydrogens (tertiary/aromatic N) is 2. The summed E-state index contributed by atoms with van der Waals surface area (Å²) in [7, 11) is 0.863. The number of aliphatic imine (C=N–C) groups is 1. The average molecular weight is 424 g/mol. The second-order valence-electron chi connectivity index (χ2n) is 5.34. The van der Waals surface area contributed by atoms with Gasteiger partial charge in [-0.1, -0.05) is 6.07 Å². The minimum atomic E-state index is -0.853. The fourth-order valence-corrected chi connectivity index (χ4v) is 2.37. The largest absolute Gasteiger partial charge is 0.355 e. The third kappa shape index (κ3) is 8.35. The van der Waals surface area contributed by atoms with Gasteiger partial charge in [0.1, 0.15) is 0 Å². The molecule has 1 heterocycles. The fraction of sp³-hybridized carbons (Fsp3) is 0.571. The number of aromatic nitrogens is 1. The van der Waals surface area contributed by atoms with E-state index in [1.165, 1.54) is 0 Å². The van der Waals surface area contributed by atoms with Crippen molar-refractivity contribution >= 4 is 40.7 Å². The van der Waals surface area contributed by atoms with E-state index >= 15 is 0 Å². The van der Waals surface area contributed by atoms with Gasteiger partial charge >= 0.3 is 0 Å². The van der Waals surface area contributed by atoms with Gasteiger partial charge in [-0.05, 0) is 32.9 Å². The number of rotatable bonds is 5. The summed E-state index contributed by atoms with van der Waals surface area (Å²) in [5.74, 6) is 1.30. The van der Waals surface area contributed by atoms with Gasteiger partial charge in [0.2, 0.25) is 0 Å². The van der Waals surface area contributed by atoms with Crippen molar-refractivity contribution in [2.45, 2.75) is 32.1 Å². The van der Waals surface area contributed by atoms with Gasteiger partial charge in [0.15, 0.2) is 5.96 Å². The van der Waals surface area contributed by atoms with Crippen LogP contribution >= 0.6 is 24.0 Å². The normalized spacial score (nSPS) is 13.2. The quantitative estimate of drug-likeness (QED) is 0.431. The first-order valence-electron chi connectivity index (χ1n) is 6.66. The highest BCUT2D eigenvalue weighted by Crippen LogP contribution is 2.10. The number of halogens is 1. The van der Waals surface area contributed by atoms with Crippen LogP contribution in [-0.4, -0.2) is 39.2 Å². The van der Waals surface area contributed by atoms with E-state index in [0.29, 0.717) is 24.8 Å². The number of pyridine rings is 1. The number of guanidine groups is 1. The van der Waals surface area contributed by atoms with Crippen molar-refractivity contribution in [3.05, 3.63) is 30.1 Å². The Balaban J connectivity index is 0.00000400. The van der Waals surface area contributed by atoms with E-state index in [0.717, 1.165) is 5.69 Å². The van der Waals surface area contributed by atoms with Crippen molar-refractivity contribution in [1.29, 1.82) is 0 Å². The Labute approximate surface area is 146 Å². The summed E-state index contributed by atoms with van der Waals surface area (Å²) in [5, 5.41) is 6.34. The third-order valence-electron chi connectivity index (χ3n) is 2.65. The molecule has 0 bridgehead atoms. The SMILES string of the molecule is CN=C(NCCS(=O)C(C)(C)C)NCc1ccccn1.I. The predicted molar refractivity (Wildman–Crippen MR) is 101 cm³/mol. The summed E-state index contributed by atoms with van der Waals surface area (Å²) in [6.45, 7) is 7.19. The molecule has 0 aromatic carbocycles. The second kappa shape index (κ2) is 10.1. The zero-order valence-corrected chi connectivity index (χ0v) is 16.2. The molecule has 0 saturated carbocycles. The van der Waals surface area contributed by atoms with Crippen LogP contribution in [0.3, 0.4) is 0 Å². The molecule has 1 aromatic rings. The Morgan fingerprint density at radius 1 is 1.33 bits per heavy atom. The van der Waals surface area contributed by atoms with Crippen molar-refractivity contribution in [2.75, 3.05) is 19.3 Å². The summed E-state index contributed by atoms with van der Waals surface area (Å²) >= 11 is 0. The first-order chi connectivity index (χ1) is 9.43. The lowest BCUT2D eigenvalue weighted by atomic mass is 10.3. The fourth-order valence-electron chi connectivity index (χ4n) is 1.47. The monoisotopic (exact) mass is 424 g/mol. The highest BCUT2D eigenvalue weighted by molar-refractivity contribution is 14.0. The van der Waals surface area contributed by atoms with E-state index in [4.69, 9.17) is 0 Å². The first-order valence-corrected chi connectivity index (χ1v) is 7.98. The summed E-state index contributed by atoms with van der Waals surface area (Å²) in [6.07, 6.45) is 1.76. The number of hydrogen-bond acceptors (Lipinski definition) is 3. The van der Waals surface area contributed by atoms with Crippen LogP contribution in [-0.2, 0) is 17.3 Å². The lowest BCUT2D eigenvalue weighted by Gasteiger charge is -2.18. The Kier molecular flexibility index (Phi) is 9.76. The van der Waals surface area contributed by atoms with Gasteiger partial charge in [0.05, 0.1) is 12.2 Å². The smallest absolute Gasteiger partial charge is 0.191 e. The molecule has 0 radical (unpaired) electrons. The molecule has 5 nitrogen and oxygen atoms in total. The standard InChI is InChI=1S/C14H24N4OS.HI/c1-14(2,3)20(19)10-9-17-13(15-4)18-11-12-7-5-6-8-16-12;/h5-8H,9-11H2,1-4H3,(H2,15,17,18);1H. The van der Waals surface area contributed by atoms with Crippen LogP contribution in [0.2, 0.25) is 0 Å². The van der Waals surface area contributed by atoms with E-state index in [2.05, 4.69) is 20.6 Å². The molecular weight excluding hydrogens is 399 g/mol. The van der Waals surface area contributed by atoms with Crippen LogP contribution in [0.1, 0.15) is 26.5 Å². The molecule has 0 saturated heterocycles. The zero-order valence-electron chi connectivity index (χ0n) is 13.0. The van der Waals surface area contributed by atoms with E-state index < -0.39 is 10.8 Å². The Morgan fingerprint density at radius 2 is 2.05 bits per heavy atom. The van der Waals surface area contributed by atoms with Crippen LogP contribution in [0.15, 0.2) is 29.4 Å². The van der Waals surface area contributed by atoms with E-state index in [-0.39, 0.29) is 28.7 Å². The average Bonchev–Trinajstić information content (AvgIpc) is 2.42. The van der Waals surface area contributed by atoms with Gasteiger partial charge < -0.3 is 10.6 Å². The maximum Gasteiger partial charge on any atom is 0.191 e. The lowest BCUT2D eigenvalue weighted by Crippen LogP contribution is -2.40. The number of hydrogen-bond donors (Lipinski definition) is 2. The topological polar surface area (TPSA) is 66.4 Å². The summed E-state index contributed by atoms with van der Waals surface area (Å²) in [4.78, 5) is 8.36. The van der Waals surface area contributed by atoms with Gasteiger partial charge in [-0.2, -0.15) is 0 Å². The summed E-state index contributed by atoms with van der Waals surface area (Å²) < 4.78 is 11.7. The molecule has 0 aliphatic carbocycles. The molecule has 1 unspecified atom stereocenters. The summed E-state index contributed by atoms with van der Waals surface area (Å²) in [6, 6.07) is 5.79. The van der Waals surface area contributed by atoms with E-state index in [9.17, 15) is 4.21 Å². The van der Waals surface area contributed by atoms with Crippen molar-refractivity contribution in [3.8, 4) is 0 Å². The van der Waals surface area contributed by atoms with Gasteiger partial charge in [0.25, 0.3) is 0 Å². The van der Waals surface area contributed by atoms with Gasteiger partial charge in [0, 0.05) is 41.1 Å². The molecular formula is C14H25IN4OS. The molecule has 0 fully saturated rings. The van der Waals surface area contributed by atoms with E-state index in [1.807, 2.05) is 39.0 Å². The molecule has 0 amide bonds. The molecule has 2 N–H and O–H groups in total. The molecule has 21 heavy (non-hydrogen) atoms. The number of nitrogens with one attached hydrogen (secondary N) is 2. The molecule has 1 atom stereocenters. The Bertz CT molecular complexity index is 460.